The van der Waals surface area contributed by atoms with E-state index < -0.39 is 0 Å². The molecule has 0 saturated carbocycles. The molecule has 0 spiro atoms. The van der Waals surface area contributed by atoms with Gasteiger partial charge in [-0.1, -0.05) is 17.7 Å². The topological polar surface area (TPSA) is 78.9 Å². The lowest BCUT2D eigenvalue weighted by atomic mass is 10.2. The van der Waals surface area contributed by atoms with Gasteiger partial charge in [-0.25, -0.2) is 4.79 Å². The molecule has 2 fully saturated rings. The predicted molar refractivity (Wildman–Crippen MR) is 108 cm³/mol. The number of hydrogen-bond donors (Lipinski definition) is 0. The first kappa shape index (κ1) is 19.2. The fourth-order valence-corrected chi connectivity index (χ4v) is 3.63. The normalized spacial score (nSPS) is 19.2. The van der Waals surface area contributed by atoms with Gasteiger partial charge in [0.25, 0.3) is 0 Å². The van der Waals surface area contributed by atoms with Crippen molar-refractivity contribution < 1.29 is 14.3 Å². The molecule has 3 amide bonds. The highest BCUT2D eigenvalue weighted by molar-refractivity contribution is 5.96. The quantitative estimate of drug-likeness (QED) is 0.774. The zero-order valence-corrected chi connectivity index (χ0v) is 16.7. The van der Waals surface area contributed by atoms with E-state index in [0.29, 0.717) is 32.1 Å². The van der Waals surface area contributed by atoms with Gasteiger partial charge in [0.15, 0.2) is 0 Å². The summed E-state index contributed by atoms with van der Waals surface area (Å²) in [4.78, 5) is 30.5. The Kier molecular flexibility index (Phi) is 5.33. The summed E-state index contributed by atoms with van der Waals surface area (Å²) in [6.07, 6.45) is 0.638. The number of aryl methyl sites for hydroxylation is 2. The molecule has 152 valence electrons. The molecule has 29 heavy (non-hydrogen) atoms. The van der Waals surface area contributed by atoms with Crippen molar-refractivity contribution >= 4 is 17.6 Å². The molecular weight excluding hydrogens is 370 g/mol. The zero-order valence-electron chi connectivity index (χ0n) is 16.7. The summed E-state index contributed by atoms with van der Waals surface area (Å²) in [6.45, 7) is 6.23. The number of hydrogen-bond acceptors (Lipinski definition) is 5. The number of anilines is 1. The van der Waals surface area contributed by atoms with Crippen LogP contribution in [0.5, 0.6) is 5.88 Å². The second-order valence-corrected chi connectivity index (χ2v) is 7.57. The number of ether oxygens (including phenoxy) is 1. The number of amides is 3. The predicted octanol–water partition coefficient (Wildman–Crippen LogP) is 2.02. The van der Waals surface area contributed by atoms with E-state index in [1.165, 1.54) is 0 Å². The fourth-order valence-electron chi connectivity index (χ4n) is 3.63. The Labute approximate surface area is 170 Å². The van der Waals surface area contributed by atoms with Gasteiger partial charge in [0.05, 0.1) is 12.2 Å². The van der Waals surface area contributed by atoms with E-state index in [2.05, 4.69) is 10.2 Å². The highest BCUT2D eigenvalue weighted by Crippen LogP contribution is 2.22. The average Bonchev–Trinajstić information content (AvgIpc) is 3.32. The molecule has 0 bridgehead atoms. The molecule has 4 rings (SSSR count). The van der Waals surface area contributed by atoms with Gasteiger partial charge in [-0.3, -0.25) is 9.69 Å². The maximum absolute atomic E-state index is 12.7. The number of carbonyl (C=O) groups excluding carboxylic acids is 2. The van der Waals surface area contributed by atoms with E-state index in [1.54, 1.807) is 20.8 Å². The SMILES string of the molecule is Cc1ccc(N2CCN(CC(=O)N3CC[C@H](Oc4ccc(C)nn4)C3)C2=O)cc1. The van der Waals surface area contributed by atoms with Crippen molar-refractivity contribution in [2.24, 2.45) is 0 Å². The van der Waals surface area contributed by atoms with Crippen molar-refractivity contribution in [1.29, 1.82) is 0 Å². The Hall–Kier alpha value is -3.16. The van der Waals surface area contributed by atoms with Crippen molar-refractivity contribution in [1.82, 2.24) is 20.0 Å². The molecule has 2 aromatic rings. The van der Waals surface area contributed by atoms with Crippen LogP contribution in [0, 0.1) is 13.8 Å². The molecule has 1 atom stereocenters. The molecule has 2 aliphatic heterocycles. The molecular formula is C21H25N5O3. The van der Waals surface area contributed by atoms with E-state index in [-0.39, 0.29) is 24.6 Å². The second kappa shape index (κ2) is 8.06. The molecule has 0 N–H and O–H groups in total. The van der Waals surface area contributed by atoms with Gasteiger partial charge in [0.1, 0.15) is 12.6 Å². The highest BCUT2D eigenvalue weighted by atomic mass is 16.5. The second-order valence-electron chi connectivity index (χ2n) is 7.57. The van der Waals surface area contributed by atoms with Crippen LogP contribution in [0.25, 0.3) is 0 Å². The Balaban J connectivity index is 1.30. The number of nitrogens with zero attached hydrogens (tertiary/aromatic N) is 5. The van der Waals surface area contributed by atoms with Gasteiger partial charge < -0.3 is 14.5 Å². The van der Waals surface area contributed by atoms with Crippen LogP contribution in [-0.4, -0.2) is 70.8 Å². The summed E-state index contributed by atoms with van der Waals surface area (Å²) < 4.78 is 5.83. The number of carbonyl (C=O) groups is 2. The van der Waals surface area contributed by atoms with E-state index in [4.69, 9.17) is 4.74 Å². The van der Waals surface area contributed by atoms with Crippen molar-refractivity contribution in [2.45, 2.75) is 26.4 Å². The van der Waals surface area contributed by atoms with Gasteiger partial charge in [-0.15, -0.1) is 5.10 Å². The third kappa shape index (κ3) is 4.31. The third-order valence-electron chi connectivity index (χ3n) is 5.33. The minimum atomic E-state index is -0.121. The molecule has 8 heteroatoms. The van der Waals surface area contributed by atoms with Crippen LogP contribution in [0.4, 0.5) is 10.5 Å². The largest absolute Gasteiger partial charge is 0.471 e. The lowest BCUT2D eigenvalue weighted by Gasteiger charge is -2.22. The number of benzene rings is 1. The Morgan fingerprint density at radius 3 is 2.59 bits per heavy atom. The van der Waals surface area contributed by atoms with Gasteiger partial charge in [-0.05, 0) is 32.0 Å². The number of aromatic nitrogens is 2. The third-order valence-corrected chi connectivity index (χ3v) is 5.33. The lowest BCUT2D eigenvalue weighted by molar-refractivity contribution is -0.130. The summed E-state index contributed by atoms with van der Waals surface area (Å²) in [5.41, 5.74) is 2.84. The number of rotatable bonds is 5. The maximum Gasteiger partial charge on any atom is 0.325 e. The maximum atomic E-state index is 12.7. The van der Waals surface area contributed by atoms with E-state index in [0.717, 1.165) is 23.4 Å². The van der Waals surface area contributed by atoms with Crippen LogP contribution in [-0.2, 0) is 4.79 Å². The van der Waals surface area contributed by atoms with E-state index >= 15 is 0 Å². The molecule has 1 aromatic heterocycles. The molecule has 0 aliphatic carbocycles. The van der Waals surface area contributed by atoms with Gasteiger partial charge >= 0.3 is 6.03 Å². The van der Waals surface area contributed by atoms with E-state index in [9.17, 15) is 9.59 Å². The van der Waals surface area contributed by atoms with Crippen molar-refractivity contribution in [3.8, 4) is 5.88 Å². The summed E-state index contributed by atoms with van der Waals surface area (Å²) in [5.74, 6) is 0.420. The number of likely N-dealkylation sites (tertiary alicyclic amines) is 1. The first-order valence-corrected chi connectivity index (χ1v) is 9.87. The summed E-state index contributed by atoms with van der Waals surface area (Å²) in [7, 11) is 0. The zero-order chi connectivity index (χ0) is 20.4. The molecule has 0 unspecified atom stereocenters. The minimum Gasteiger partial charge on any atom is -0.471 e. The smallest absolute Gasteiger partial charge is 0.325 e. The molecule has 2 aliphatic rings. The molecule has 0 radical (unpaired) electrons. The average molecular weight is 395 g/mol. The lowest BCUT2D eigenvalue weighted by Crippen LogP contribution is -2.42. The monoisotopic (exact) mass is 395 g/mol. The van der Waals surface area contributed by atoms with Crippen LogP contribution in [0.15, 0.2) is 36.4 Å². The van der Waals surface area contributed by atoms with Crippen molar-refractivity contribution in [2.75, 3.05) is 37.6 Å². The van der Waals surface area contributed by atoms with Gasteiger partial charge in [-0.2, -0.15) is 5.10 Å². The van der Waals surface area contributed by atoms with Crippen molar-refractivity contribution in [3.05, 3.63) is 47.7 Å². The molecule has 1 aromatic carbocycles. The van der Waals surface area contributed by atoms with Crippen LogP contribution < -0.4 is 9.64 Å². The van der Waals surface area contributed by atoms with Crippen LogP contribution in [0.3, 0.4) is 0 Å². The number of urea groups is 1. The van der Waals surface area contributed by atoms with Crippen LogP contribution >= 0.6 is 0 Å². The summed E-state index contributed by atoms with van der Waals surface area (Å²) in [5, 5.41) is 8.00. The van der Waals surface area contributed by atoms with Crippen molar-refractivity contribution in [3.63, 3.8) is 0 Å². The van der Waals surface area contributed by atoms with Crippen LogP contribution in [0.2, 0.25) is 0 Å². The Morgan fingerprint density at radius 2 is 1.86 bits per heavy atom. The minimum absolute atomic E-state index is 0.0507. The van der Waals surface area contributed by atoms with Gasteiger partial charge in [0.2, 0.25) is 11.8 Å². The van der Waals surface area contributed by atoms with E-state index in [1.807, 2.05) is 44.2 Å². The molecule has 8 nitrogen and oxygen atoms in total. The Morgan fingerprint density at radius 1 is 1.07 bits per heavy atom. The molecule has 3 heterocycles. The summed E-state index contributed by atoms with van der Waals surface area (Å²) in [6, 6.07) is 11.4. The van der Waals surface area contributed by atoms with Gasteiger partial charge in [0, 0.05) is 37.8 Å². The van der Waals surface area contributed by atoms with Crippen LogP contribution in [0.1, 0.15) is 17.7 Å². The highest BCUT2D eigenvalue weighted by Gasteiger charge is 2.34. The first-order valence-electron chi connectivity index (χ1n) is 9.87. The summed E-state index contributed by atoms with van der Waals surface area (Å²) >= 11 is 0. The standard InChI is InChI=1S/C21H25N5O3/c1-15-3-6-17(7-4-15)26-12-11-25(21(26)28)14-20(27)24-10-9-18(13-24)29-19-8-5-16(2)22-23-19/h3-8,18H,9-14H2,1-2H3/t18-/m0/s1. The first-order chi connectivity index (χ1) is 14.0. The fraction of sp³-hybridized carbons (Fsp3) is 0.429. The Bertz CT molecular complexity index is 884. The molecule has 2 saturated heterocycles.